The van der Waals surface area contributed by atoms with Crippen LogP contribution in [-0.2, 0) is 6.42 Å². The maximum absolute atomic E-state index is 13.1. The fourth-order valence-corrected chi connectivity index (χ4v) is 2.12. The Morgan fingerprint density at radius 2 is 1.90 bits per heavy atom. The van der Waals surface area contributed by atoms with Gasteiger partial charge in [0.05, 0.1) is 7.11 Å². The summed E-state index contributed by atoms with van der Waals surface area (Å²) in [5.74, 6) is 0.682. The number of nitrogens with one attached hydrogen (secondary N) is 1. The molecule has 0 aliphatic heterocycles. The summed E-state index contributed by atoms with van der Waals surface area (Å²) in [5, 5.41) is 3.41. The number of rotatable bonds is 6. The summed E-state index contributed by atoms with van der Waals surface area (Å²) in [6.07, 6.45) is 0.934. The lowest BCUT2D eigenvalue weighted by Crippen LogP contribution is -2.21. The van der Waals surface area contributed by atoms with Gasteiger partial charge in [0, 0.05) is 6.04 Å². The van der Waals surface area contributed by atoms with Crippen LogP contribution >= 0.6 is 0 Å². The van der Waals surface area contributed by atoms with Crippen LogP contribution in [0.5, 0.6) is 5.75 Å². The second-order valence-electron chi connectivity index (χ2n) is 4.83. The molecule has 1 N–H and O–H groups in total. The molecule has 2 rings (SSSR count). The standard InChI is InChI=1S/C17H20FNO/c1-13(15-4-3-5-16(18)12-15)19-11-10-14-6-8-17(20-2)9-7-14/h3-9,12-13,19H,10-11H2,1-2H3/t13-/m0/s1. The molecule has 0 saturated carbocycles. The van der Waals surface area contributed by atoms with E-state index in [1.807, 2.05) is 25.1 Å². The van der Waals surface area contributed by atoms with Crippen molar-refractivity contribution < 1.29 is 9.13 Å². The van der Waals surface area contributed by atoms with Crippen molar-refractivity contribution >= 4 is 0 Å². The number of halogens is 1. The van der Waals surface area contributed by atoms with Crippen molar-refractivity contribution in [1.29, 1.82) is 0 Å². The van der Waals surface area contributed by atoms with Gasteiger partial charge in [0.25, 0.3) is 0 Å². The molecule has 3 heteroatoms. The van der Waals surface area contributed by atoms with Crippen molar-refractivity contribution in [2.75, 3.05) is 13.7 Å². The summed E-state index contributed by atoms with van der Waals surface area (Å²) in [6.45, 7) is 2.90. The highest BCUT2D eigenvalue weighted by Crippen LogP contribution is 2.14. The molecule has 2 aromatic carbocycles. The Kier molecular flexibility index (Phi) is 5.13. The summed E-state index contributed by atoms with van der Waals surface area (Å²) < 4.78 is 18.3. The number of ether oxygens (including phenoxy) is 1. The topological polar surface area (TPSA) is 21.3 Å². The lowest BCUT2D eigenvalue weighted by Gasteiger charge is -2.14. The van der Waals surface area contributed by atoms with E-state index in [0.29, 0.717) is 0 Å². The first-order valence-corrected chi connectivity index (χ1v) is 6.81. The molecule has 0 aliphatic rings. The van der Waals surface area contributed by atoms with Crippen molar-refractivity contribution in [2.24, 2.45) is 0 Å². The normalized spacial score (nSPS) is 12.2. The number of benzene rings is 2. The number of hydrogen-bond donors (Lipinski definition) is 1. The second kappa shape index (κ2) is 7.06. The van der Waals surface area contributed by atoms with Gasteiger partial charge < -0.3 is 10.1 Å². The molecule has 20 heavy (non-hydrogen) atoms. The van der Waals surface area contributed by atoms with E-state index in [1.54, 1.807) is 19.2 Å². The molecule has 106 valence electrons. The molecule has 1 atom stereocenters. The van der Waals surface area contributed by atoms with Gasteiger partial charge in [-0.15, -0.1) is 0 Å². The summed E-state index contributed by atoms with van der Waals surface area (Å²) in [7, 11) is 1.66. The van der Waals surface area contributed by atoms with Gasteiger partial charge in [-0.2, -0.15) is 0 Å². The van der Waals surface area contributed by atoms with E-state index in [2.05, 4.69) is 17.4 Å². The summed E-state index contributed by atoms with van der Waals surface area (Å²) >= 11 is 0. The Labute approximate surface area is 119 Å². The highest BCUT2D eigenvalue weighted by atomic mass is 19.1. The Bertz CT molecular complexity index is 539. The fraction of sp³-hybridized carbons (Fsp3) is 0.294. The van der Waals surface area contributed by atoms with Crippen molar-refractivity contribution in [3.05, 3.63) is 65.5 Å². The lowest BCUT2D eigenvalue weighted by atomic mass is 10.1. The van der Waals surface area contributed by atoms with Crippen LogP contribution in [0, 0.1) is 5.82 Å². The van der Waals surface area contributed by atoms with Crippen LogP contribution in [0.15, 0.2) is 48.5 Å². The van der Waals surface area contributed by atoms with E-state index in [9.17, 15) is 4.39 Å². The number of hydrogen-bond acceptors (Lipinski definition) is 2. The third-order valence-electron chi connectivity index (χ3n) is 3.37. The van der Waals surface area contributed by atoms with Crippen LogP contribution in [0.2, 0.25) is 0 Å². The van der Waals surface area contributed by atoms with E-state index < -0.39 is 0 Å². The molecular formula is C17H20FNO. The Balaban J connectivity index is 1.82. The summed E-state index contributed by atoms with van der Waals surface area (Å²) in [4.78, 5) is 0. The van der Waals surface area contributed by atoms with E-state index in [4.69, 9.17) is 4.74 Å². The Hall–Kier alpha value is -1.87. The second-order valence-corrected chi connectivity index (χ2v) is 4.83. The highest BCUT2D eigenvalue weighted by Gasteiger charge is 2.05. The molecule has 0 heterocycles. The molecule has 0 radical (unpaired) electrons. The maximum atomic E-state index is 13.1. The Morgan fingerprint density at radius 3 is 2.55 bits per heavy atom. The van der Waals surface area contributed by atoms with Gasteiger partial charge in [-0.1, -0.05) is 24.3 Å². The van der Waals surface area contributed by atoms with Gasteiger partial charge in [-0.05, 0) is 55.3 Å². The van der Waals surface area contributed by atoms with Gasteiger partial charge in [0.15, 0.2) is 0 Å². The highest BCUT2D eigenvalue weighted by molar-refractivity contribution is 5.27. The largest absolute Gasteiger partial charge is 0.497 e. The molecule has 0 amide bonds. The van der Waals surface area contributed by atoms with Crippen LogP contribution in [0.3, 0.4) is 0 Å². The lowest BCUT2D eigenvalue weighted by molar-refractivity contribution is 0.414. The van der Waals surface area contributed by atoms with Gasteiger partial charge in [0.2, 0.25) is 0 Å². The Morgan fingerprint density at radius 1 is 1.15 bits per heavy atom. The SMILES string of the molecule is COc1ccc(CCN[C@@H](C)c2cccc(F)c2)cc1. The van der Waals surface area contributed by atoms with Gasteiger partial charge in [-0.25, -0.2) is 4.39 Å². The monoisotopic (exact) mass is 273 g/mol. The predicted octanol–water partition coefficient (Wildman–Crippen LogP) is 3.73. The first-order valence-electron chi connectivity index (χ1n) is 6.81. The fourth-order valence-electron chi connectivity index (χ4n) is 2.12. The third kappa shape index (κ3) is 4.07. The van der Waals surface area contributed by atoms with Crippen LogP contribution in [0.4, 0.5) is 4.39 Å². The summed E-state index contributed by atoms with van der Waals surface area (Å²) in [6, 6.07) is 14.9. The minimum atomic E-state index is -0.189. The zero-order chi connectivity index (χ0) is 14.4. The van der Waals surface area contributed by atoms with Crippen molar-refractivity contribution in [3.63, 3.8) is 0 Å². The van der Waals surface area contributed by atoms with Gasteiger partial charge in [0.1, 0.15) is 11.6 Å². The first-order chi connectivity index (χ1) is 9.69. The molecular weight excluding hydrogens is 253 g/mol. The smallest absolute Gasteiger partial charge is 0.123 e. The maximum Gasteiger partial charge on any atom is 0.123 e. The minimum absolute atomic E-state index is 0.143. The van der Waals surface area contributed by atoms with Crippen molar-refractivity contribution in [1.82, 2.24) is 5.32 Å². The molecule has 2 aromatic rings. The first kappa shape index (κ1) is 14.5. The third-order valence-corrected chi connectivity index (χ3v) is 3.37. The van der Waals surface area contributed by atoms with Crippen LogP contribution in [0.1, 0.15) is 24.1 Å². The van der Waals surface area contributed by atoms with Crippen LogP contribution in [0.25, 0.3) is 0 Å². The molecule has 0 unspecified atom stereocenters. The molecule has 0 fully saturated rings. The van der Waals surface area contributed by atoms with Crippen molar-refractivity contribution in [3.8, 4) is 5.75 Å². The molecule has 2 nitrogen and oxygen atoms in total. The van der Waals surface area contributed by atoms with Gasteiger partial charge in [-0.3, -0.25) is 0 Å². The van der Waals surface area contributed by atoms with Crippen LogP contribution in [-0.4, -0.2) is 13.7 Å². The van der Waals surface area contributed by atoms with E-state index in [1.165, 1.54) is 11.6 Å². The molecule has 0 saturated heterocycles. The minimum Gasteiger partial charge on any atom is -0.497 e. The number of methoxy groups -OCH3 is 1. The van der Waals surface area contributed by atoms with E-state index >= 15 is 0 Å². The zero-order valence-electron chi connectivity index (χ0n) is 11.9. The van der Waals surface area contributed by atoms with Crippen LogP contribution < -0.4 is 10.1 Å². The predicted molar refractivity (Wildman–Crippen MR) is 79.5 cm³/mol. The average molecular weight is 273 g/mol. The quantitative estimate of drug-likeness (QED) is 0.866. The molecule has 0 bridgehead atoms. The molecule has 0 aromatic heterocycles. The van der Waals surface area contributed by atoms with Crippen molar-refractivity contribution in [2.45, 2.75) is 19.4 Å². The zero-order valence-corrected chi connectivity index (χ0v) is 11.9. The molecule has 0 spiro atoms. The van der Waals surface area contributed by atoms with E-state index in [-0.39, 0.29) is 11.9 Å². The summed E-state index contributed by atoms with van der Waals surface area (Å²) in [5.41, 5.74) is 2.23. The average Bonchev–Trinajstić information content (AvgIpc) is 2.48. The van der Waals surface area contributed by atoms with Gasteiger partial charge >= 0.3 is 0 Å². The molecule has 0 aliphatic carbocycles. The van der Waals surface area contributed by atoms with E-state index in [0.717, 1.165) is 24.3 Å².